The second kappa shape index (κ2) is 6.83. The van der Waals surface area contributed by atoms with Crippen LogP contribution in [0.3, 0.4) is 0 Å². The van der Waals surface area contributed by atoms with Crippen molar-refractivity contribution in [2.75, 3.05) is 20.3 Å². The summed E-state index contributed by atoms with van der Waals surface area (Å²) >= 11 is 8.30. The van der Waals surface area contributed by atoms with Crippen LogP contribution in [0.1, 0.15) is 12.0 Å². The minimum Gasteiger partial charge on any atom is -0.493 e. The van der Waals surface area contributed by atoms with E-state index in [0.29, 0.717) is 18.2 Å². The van der Waals surface area contributed by atoms with Crippen LogP contribution < -0.4 is 10.5 Å². The molecule has 88 valence electrons. The monoisotopic (exact) mass is 303 g/mol. The zero-order chi connectivity index (χ0) is 12.0. The van der Waals surface area contributed by atoms with E-state index in [4.69, 9.17) is 27.4 Å². The van der Waals surface area contributed by atoms with Gasteiger partial charge in [0.15, 0.2) is 0 Å². The van der Waals surface area contributed by atoms with E-state index >= 15 is 0 Å². The normalized spacial score (nSPS) is 10.1. The number of hydrogen-bond acceptors (Lipinski definition) is 3. The minimum absolute atomic E-state index is 0.373. The Labute approximate surface area is 109 Å². The van der Waals surface area contributed by atoms with Gasteiger partial charge in [0.2, 0.25) is 0 Å². The summed E-state index contributed by atoms with van der Waals surface area (Å²) in [5, 5.41) is 0. The molecule has 0 saturated carbocycles. The highest BCUT2D eigenvalue weighted by molar-refractivity contribution is 9.10. The summed E-state index contributed by atoms with van der Waals surface area (Å²) in [4.78, 5) is 0.373. The number of rotatable bonds is 6. The number of thiocarbonyl (C=S) groups is 1. The number of methoxy groups -OCH3 is 1. The van der Waals surface area contributed by atoms with E-state index in [1.54, 1.807) is 7.11 Å². The average molecular weight is 304 g/mol. The van der Waals surface area contributed by atoms with E-state index in [1.807, 2.05) is 18.2 Å². The first-order valence-electron chi connectivity index (χ1n) is 4.86. The Bertz CT molecular complexity index is 371. The average Bonchev–Trinajstić information content (AvgIpc) is 2.24. The topological polar surface area (TPSA) is 44.5 Å². The van der Waals surface area contributed by atoms with Crippen molar-refractivity contribution in [3.63, 3.8) is 0 Å². The van der Waals surface area contributed by atoms with Crippen LogP contribution in [0.2, 0.25) is 0 Å². The molecule has 2 N–H and O–H groups in total. The molecule has 0 radical (unpaired) electrons. The molecule has 0 unspecified atom stereocenters. The van der Waals surface area contributed by atoms with Crippen LogP contribution in [0.25, 0.3) is 0 Å². The second-order valence-electron chi connectivity index (χ2n) is 3.20. The summed E-state index contributed by atoms with van der Waals surface area (Å²) in [5.41, 5.74) is 6.37. The largest absolute Gasteiger partial charge is 0.493 e. The third kappa shape index (κ3) is 4.08. The first kappa shape index (κ1) is 13.4. The number of halogens is 1. The predicted molar refractivity (Wildman–Crippen MR) is 72.0 cm³/mol. The van der Waals surface area contributed by atoms with Crippen molar-refractivity contribution in [1.82, 2.24) is 0 Å². The third-order valence-corrected chi connectivity index (χ3v) is 2.84. The van der Waals surface area contributed by atoms with Gasteiger partial charge in [-0.1, -0.05) is 12.2 Å². The van der Waals surface area contributed by atoms with Gasteiger partial charge in [-0.15, -0.1) is 0 Å². The van der Waals surface area contributed by atoms with Gasteiger partial charge in [-0.05, 0) is 34.1 Å². The van der Waals surface area contributed by atoms with Crippen LogP contribution in [-0.2, 0) is 4.74 Å². The lowest BCUT2D eigenvalue weighted by Crippen LogP contribution is -2.10. The predicted octanol–water partition coefficient (Wildman–Crippen LogP) is 2.50. The van der Waals surface area contributed by atoms with Crippen LogP contribution in [0, 0.1) is 0 Å². The smallest absolute Gasteiger partial charge is 0.120 e. The molecule has 0 spiro atoms. The maximum atomic E-state index is 5.55. The van der Waals surface area contributed by atoms with E-state index in [0.717, 1.165) is 22.2 Å². The van der Waals surface area contributed by atoms with Crippen molar-refractivity contribution in [1.29, 1.82) is 0 Å². The van der Waals surface area contributed by atoms with Crippen molar-refractivity contribution < 1.29 is 9.47 Å². The molecule has 16 heavy (non-hydrogen) atoms. The molecular weight excluding hydrogens is 290 g/mol. The summed E-state index contributed by atoms with van der Waals surface area (Å²) in [7, 11) is 1.67. The second-order valence-corrected chi connectivity index (χ2v) is 4.49. The minimum atomic E-state index is 0.373. The molecule has 0 bridgehead atoms. The molecule has 3 nitrogen and oxygen atoms in total. The Morgan fingerprint density at radius 3 is 2.75 bits per heavy atom. The van der Waals surface area contributed by atoms with Crippen molar-refractivity contribution in [2.45, 2.75) is 6.42 Å². The zero-order valence-corrected chi connectivity index (χ0v) is 11.4. The van der Waals surface area contributed by atoms with Gasteiger partial charge in [0.1, 0.15) is 10.7 Å². The molecule has 1 rings (SSSR count). The highest BCUT2D eigenvalue weighted by Gasteiger charge is 2.04. The van der Waals surface area contributed by atoms with E-state index in [-0.39, 0.29) is 0 Å². The fourth-order valence-corrected chi connectivity index (χ4v) is 2.06. The molecule has 1 aromatic rings. The summed E-state index contributed by atoms with van der Waals surface area (Å²) in [6, 6.07) is 5.56. The number of hydrogen-bond donors (Lipinski definition) is 1. The lowest BCUT2D eigenvalue weighted by Gasteiger charge is -2.08. The van der Waals surface area contributed by atoms with Crippen molar-refractivity contribution >= 4 is 33.1 Å². The SMILES string of the molecule is COCCCOc1ccc(C(N)=S)c(Br)c1. The van der Waals surface area contributed by atoms with Gasteiger partial charge in [0, 0.05) is 30.2 Å². The van der Waals surface area contributed by atoms with Gasteiger partial charge in [-0.25, -0.2) is 0 Å². The third-order valence-electron chi connectivity index (χ3n) is 1.97. The molecule has 0 aromatic heterocycles. The quantitative estimate of drug-likeness (QED) is 0.648. The number of nitrogens with two attached hydrogens (primary N) is 1. The van der Waals surface area contributed by atoms with Crippen molar-refractivity contribution in [3.8, 4) is 5.75 Å². The Morgan fingerprint density at radius 1 is 1.44 bits per heavy atom. The van der Waals surface area contributed by atoms with Crippen molar-refractivity contribution in [2.24, 2.45) is 5.73 Å². The molecule has 0 aliphatic rings. The number of benzene rings is 1. The van der Waals surface area contributed by atoms with E-state index in [2.05, 4.69) is 15.9 Å². The summed E-state index contributed by atoms with van der Waals surface area (Å²) in [5.74, 6) is 0.794. The van der Waals surface area contributed by atoms with Crippen molar-refractivity contribution in [3.05, 3.63) is 28.2 Å². The van der Waals surface area contributed by atoms with Gasteiger partial charge in [0.05, 0.1) is 6.61 Å². The van der Waals surface area contributed by atoms with Crippen LogP contribution in [0.15, 0.2) is 22.7 Å². The standard InChI is InChI=1S/C11H14BrNO2S/c1-14-5-2-6-15-8-3-4-9(11(13)16)10(12)7-8/h3-4,7H,2,5-6H2,1H3,(H2,13,16). The van der Waals surface area contributed by atoms with Gasteiger partial charge in [-0.3, -0.25) is 0 Å². The fourth-order valence-electron chi connectivity index (χ4n) is 1.18. The zero-order valence-electron chi connectivity index (χ0n) is 9.03. The van der Waals surface area contributed by atoms with Crippen LogP contribution in [0.5, 0.6) is 5.75 Å². The molecular formula is C11H14BrNO2S. The molecule has 0 aliphatic carbocycles. The summed E-state index contributed by atoms with van der Waals surface area (Å²) in [6.45, 7) is 1.33. The molecule has 5 heteroatoms. The summed E-state index contributed by atoms with van der Waals surface area (Å²) in [6.07, 6.45) is 0.866. The van der Waals surface area contributed by atoms with E-state index < -0.39 is 0 Å². The van der Waals surface area contributed by atoms with E-state index in [1.165, 1.54) is 0 Å². The first-order valence-corrected chi connectivity index (χ1v) is 6.06. The first-order chi connectivity index (χ1) is 7.65. The Kier molecular flexibility index (Phi) is 5.73. The maximum Gasteiger partial charge on any atom is 0.120 e. The van der Waals surface area contributed by atoms with Crippen LogP contribution in [0.4, 0.5) is 0 Å². The Balaban J connectivity index is 2.56. The van der Waals surface area contributed by atoms with Gasteiger partial charge in [-0.2, -0.15) is 0 Å². The molecule has 0 saturated heterocycles. The molecule has 0 atom stereocenters. The molecule has 0 amide bonds. The van der Waals surface area contributed by atoms with Gasteiger partial charge in [0.25, 0.3) is 0 Å². The lowest BCUT2D eigenvalue weighted by atomic mass is 10.2. The number of ether oxygens (including phenoxy) is 2. The molecule has 0 fully saturated rings. The molecule has 0 heterocycles. The highest BCUT2D eigenvalue weighted by Crippen LogP contribution is 2.23. The van der Waals surface area contributed by atoms with Crippen LogP contribution >= 0.6 is 28.1 Å². The fraction of sp³-hybridized carbons (Fsp3) is 0.364. The Morgan fingerprint density at radius 2 is 2.19 bits per heavy atom. The molecule has 1 aromatic carbocycles. The van der Waals surface area contributed by atoms with E-state index in [9.17, 15) is 0 Å². The lowest BCUT2D eigenvalue weighted by molar-refractivity contribution is 0.172. The summed E-state index contributed by atoms with van der Waals surface area (Å²) < 4.78 is 11.3. The maximum absolute atomic E-state index is 5.55. The van der Waals surface area contributed by atoms with Gasteiger partial charge >= 0.3 is 0 Å². The molecule has 0 aliphatic heterocycles. The van der Waals surface area contributed by atoms with Gasteiger partial charge < -0.3 is 15.2 Å². The highest BCUT2D eigenvalue weighted by atomic mass is 79.9. The Hall–Kier alpha value is -0.650. The van der Waals surface area contributed by atoms with Crippen LogP contribution in [-0.4, -0.2) is 25.3 Å².